The van der Waals surface area contributed by atoms with Crippen LogP contribution in [0, 0.1) is 5.92 Å². The first-order valence-electron chi connectivity index (χ1n) is 4.74. The molecule has 0 amide bonds. The van der Waals surface area contributed by atoms with Crippen LogP contribution in [0.3, 0.4) is 0 Å². The Balaban J connectivity index is 2.44. The smallest absolute Gasteiger partial charge is 0.450 e. The Labute approximate surface area is 78.4 Å². The van der Waals surface area contributed by atoms with Crippen molar-refractivity contribution in [3.63, 3.8) is 0 Å². The fraction of sp³-hybridized carbons (Fsp3) is 0.700. The predicted octanol–water partition coefficient (Wildman–Crippen LogP) is 2.82. The highest BCUT2D eigenvalue weighted by Crippen LogP contribution is 2.19. The number of ether oxygens (including phenoxy) is 1. The van der Waals surface area contributed by atoms with E-state index in [1.54, 1.807) is 0 Å². The molecule has 1 aliphatic rings. The van der Waals surface area contributed by atoms with E-state index in [0.717, 1.165) is 19.3 Å². The molecule has 0 saturated carbocycles. The van der Waals surface area contributed by atoms with Crippen LogP contribution in [0.5, 0.6) is 0 Å². The van der Waals surface area contributed by atoms with Crippen molar-refractivity contribution >= 4 is 6.16 Å². The number of carboxylic acid groups (broad SMARTS) is 1. The highest BCUT2D eigenvalue weighted by Gasteiger charge is 2.13. The number of hydrogen-bond acceptors (Lipinski definition) is 2. The minimum atomic E-state index is -1.18. The predicted molar refractivity (Wildman–Crippen MR) is 49.7 cm³/mol. The average molecular weight is 184 g/mol. The molecule has 0 saturated heterocycles. The first-order chi connectivity index (χ1) is 6.18. The van der Waals surface area contributed by atoms with Crippen molar-refractivity contribution in [2.24, 2.45) is 5.92 Å². The third kappa shape index (κ3) is 3.97. The molecule has 2 unspecified atom stereocenters. The normalized spacial score (nSPS) is 31.5. The van der Waals surface area contributed by atoms with Crippen LogP contribution in [0.2, 0.25) is 0 Å². The van der Waals surface area contributed by atoms with E-state index < -0.39 is 6.16 Å². The molecule has 1 N–H and O–H groups in total. The summed E-state index contributed by atoms with van der Waals surface area (Å²) in [5.41, 5.74) is 0. The molecule has 0 aromatic carbocycles. The van der Waals surface area contributed by atoms with Gasteiger partial charge in [-0.05, 0) is 37.7 Å². The Morgan fingerprint density at radius 1 is 1.46 bits per heavy atom. The van der Waals surface area contributed by atoms with Crippen molar-refractivity contribution in [3.8, 4) is 0 Å². The van der Waals surface area contributed by atoms with Gasteiger partial charge in [0.1, 0.15) is 6.10 Å². The van der Waals surface area contributed by atoms with Gasteiger partial charge in [0, 0.05) is 0 Å². The van der Waals surface area contributed by atoms with Crippen molar-refractivity contribution in [1.82, 2.24) is 0 Å². The van der Waals surface area contributed by atoms with E-state index in [0.29, 0.717) is 5.92 Å². The molecule has 0 radical (unpaired) electrons. The first kappa shape index (κ1) is 10.1. The number of carbonyl (C=O) groups is 1. The Kier molecular flexibility index (Phi) is 3.80. The van der Waals surface area contributed by atoms with Gasteiger partial charge >= 0.3 is 6.16 Å². The maximum absolute atomic E-state index is 10.3. The van der Waals surface area contributed by atoms with E-state index in [4.69, 9.17) is 9.84 Å². The summed E-state index contributed by atoms with van der Waals surface area (Å²) in [5.74, 6) is 0.671. The van der Waals surface area contributed by atoms with Gasteiger partial charge in [-0.3, -0.25) is 0 Å². The minimum Gasteiger partial charge on any atom is -0.450 e. The lowest BCUT2D eigenvalue weighted by Crippen LogP contribution is -2.16. The van der Waals surface area contributed by atoms with Crippen LogP contribution in [0.15, 0.2) is 12.2 Å². The van der Waals surface area contributed by atoms with Crippen LogP contribution in [-0.4, -0.2) is 17.4 Å². The van der Waals surface area contributed by atoms with Crippen molar-refractivity contribution in [3.05, 3.63) is 12.2 Å². The zero-order chi connectivity index (χ0) is 9.68. The molecule has 0 aromatic rings. The molecular formula is C10H16O3. The van der Waals surface area contributed by atoms with Crippen LogP contribution in [0.25, 0.3) is 0 Å². The summed E-state index contributed by atoms with van der Waals surface area (Å²) in [6, 6.07) is 0. The number of hydrogen-bond donors (Lipinski definition) is 1. The molecule has 3 nitrogen and oxygen atoms in total. The average Bonchev–Trinajstić information content (AvgIpc) is 2.03. The molecule has 0 heterocycles. The molecule has 1 rings (SSSR count). The maximum atomic E-state index is 10.3. The number of rotatable bonds is 1. The highest BCUT2D eigenvalue weighted by molar-refractivity contribution is 5.57. The van der Waals surface area contributed by atoms with Gasteiger partial charge in [0.05, 0.1) is 0 Å². The molecule has 74 valence electrons. The monoisotopic (exact) mass is 184 g/mol. The second kappa shape index (κ2) is 4.90. The fourth-order valence-corrected chi connectivity index (χ4v) is 1.55. The lowest BCUT2D eigenvalue weighted by Gasteiger charge is -2.17. The Morgan fingerprint density at radius 3 is 2.92 bits per heavy atom. The maximum Gasteiger partial charge on any atom is 0.506 e. The van der Waals surface area contributed by atoms with E-state index in [-0.39, 0.29) is 6.10 Å². The Bertz CT molecular complexity index is 198. The third-order valence-electron chi connectivity index (χ3n) is 2.37. The lowest BCUT2D eigenvalue weighted by atomic mass is 9.95. The quantitative estimate of drug-likeness (QED) is 0.503. The molecular weight excluding hydrogens is 168 g/mol. The summed E-state index contributed by atoms with van der Waals surface area (Å²) in [6.45, 7) is 2.19. The zero-order valence-corrected chi connectivity index (χ0v) is 7.90. The summed E-state index contributed by atoms with van der Waals surface area (Å²) < 4.78 is 4.70. The van der Waals surface area contributed by atoms with Crippen molar-refractivity contribution in [2.75, 3.05) is 0 Å². The van der Waals surface area contributed by atoms with E-state index in [2.05, 4.69) is 6.92 Å². The summed E-state index contributed by atoms with van der Waals surface area (Å²) in [6.07, 6.45) is 6.54. The fourth-order valence-electron chi connectivity index (χ4n) is 1.55. The van der Waals surface area contributed by atoms with Gasteiger partial charge < -0.3 is 9.84 Å². The Morgan fingerprint density at radius 2 is 2.23 bits per heavy atom. The zero-order valence-electron chi connectivity index (χ0n) is 7.90. The lowest BCUT2D eigenvalue weighted by molar-refractivity contribution is 0.0633. The first-order valence-corrected chi connectivity index (χ1v) is 4.74. The van der Waals surface area contributed by atoms with Gasteiger partial charge in [-0.25, -0.2) is 4.79 Å². The molecule has 13 heavy (non-hydrogen) atoms. The molecule has 0 aliphatic heterocycles. The van der Waals surface area contributed by atoms with Gasteiger partial charge in [-0.1, -0.05) is 13.0 Å². The van der Waals surface area contributed by atoms with Gasteiger partial charge in [-0.2, -0.15) is 0 Å². The highest BCUT2D eigenvalue weighted by atomic mass is 16.7. The van der Waals surface area contributed by atoms with E-state index in [9.17, 15) is 4.79 Å². The summed E-state index contributed by atoms with van der Waals surface area (Å²) in [5, 5.41) is 8.44. The van der Waals surface area contributed by atoms with Gasteiger partial charge in [-0.15, -0.1) is 0 Å². The van der Waals surface area contributed by atoms with Crippen LogP contribution in [-0.2, 0) is 4.74 Å². The molecule has 0 bridgehead atoms. The van der Waals surface area contributed by atoms with Gasteiger partial charge in [0.2, 0.25) is 0 Å². The van der Waals surface area contributed by atoms with Crippen LogP contribution in [0.4, 0.5) is 4.79 Å². The topological polar surface area (TPSA) is 46.5 Å². The standard InChI is InChI=1S/C10H16O3/c1-8-4-2-3-5-9(7-6-8)13-10(11)12/h3,5,8-9H,2,4,6-7H2,1H3,(H,11,12)/b5-3+. The Hall–Kier alpha value is -0.990. The molecule has 0 aromatic heterocycles. The van der Waals surface area contributed by atoms with Gasteiger partial charge in [0.25, 0.3) is 0 Å². The molecule has 2 atom stereocenters. The SMILES string of the molecule is CC1CC/C=C/C(OC(=O)O)CC1. The summed E-state index contributed by atoms with van der Waals surface area (Å²) in [7, 11) is 0. The second-order valence-electron chi connectivity index (χ2n) is 3.61. The van der Waals surface area contributed by atoms with Gasteiger partial charge in [0.15, 0.2) is 0 Å². The largest absolute Gasteiger partial charge is 0.506 e. The van der Waals surface area contributed by atoms with Crippen LogP contribution in [0.1, 0.15) is 32.6 Å². The van der Waals surface area contributed by atoms with E-state index in [1.807, 2.05) is 12.2 Å². The summed E-state index contributed by atoms with van der Waals surface area (Å²) >= 11 is 0. The number of allylic oxidation sites excluding steroid dienone is 1. The van der Waals surface area contributed by atoms with Crippen LogP contribution >= 0.6 is 0 Å². The molecule has 1 aliphatic carbocycles. The second-order valence-corrected chi connectivity index (χ2v) is 3.61. The van der Waals surface area contributed by atoms with Crippen molar-refractivity contribution < 1.29 is 14.6 Å². The molecule has 0 fully saturated rings. The van der Waals surface area contributed by atoms with E-state index >= 15 is 0 Å². The van der Waals surface area contributed by atoms with Crippen LogP contribution < -0.4 is 0 Å². The summed E-state index contributed by atoms with van der Waals surface area (Å²) in [4.78, 5) is 10.3. The third-order valence-corrected chi connectivity index (χ3v) is 2.37. The minimum absolute atomic E-state index is 0.236. The molecule has 0 spiro atoms. The van der Waals surface area contributed by atoms with Crippen molar-refractivity contribution in [2.45, 2.75) is 38.7 Å². The molecule has 3 heteroatoms. The van der Waals surface area contributed by atoms with E-state index in [1.165, 1.54) is 6.42 Å². The van der Waals surface area contributed by atoms with Crippen molar-refractivity contribution in [1.29, 1.82) is 0 Å².